The Bertz CT molecular complexity index is 536. The van der Waals surface area contributed by atoms with Crippen molar-refractivity contribution in [1.29, 1.82) is 0 Å². The molecule has 2 atom stereocenters. The Labute approximate surface area is 236 Å². The van der Waals surface area contributed by atoms with Gasteiger partial charge >= 0.3 is 0 Å². The van der Waals surface area contributed by atoms with Gasteiger partial charge in [-0.3, -0.25) is 0 Å². The van der Waals surface area contributed by atoms with Gasteiger partial charge in [-0.1, -0.05) is 142 Å². The molecule has 2 nitrogen and oxygen atoms in total. The lowest BCUT2D eigenvalue weighted by atomic mass is 10.0. The van der Waals surface area contributed by atoms with Crippen molar-refractivity contribution in [2.24, 2.45) is 0 Å². The molecular weight excluding hydrogens is 472 g/mol. The highest BCUT2D eigenvalue weighted by Gasteiger charge is 2.17. The number of hydrogen-bond donors (Lipinski definition) is 0. The quantitative estimate of drug-likeness (QED) is 0.0991. The van der Waals surface area contributed by atoms with Gasteiger partial charge in [0.25, 0.3) is 0 Å². The maximum Gasteiger partial charge on any atom is 0.0808 e. The zero-order chi connectivity index (χ0) is 26.8. The zero-order valence-corrected chi connectivity index (χ0v) is 26.3. The Morgan fingerprint density at radius 2 is 0.730 bits per heavy atom. The van der Waals surface area contributed by atoms with Crippen molar-refractivity contribution in [3.8, 4) is 0 Å². The molecule has 1 aromatic heterocycles. The lowest BCUT2D eigenvalue weighted by molar-refractivity contribution is 0.0475. The predicted octanol–water partition coefficient (Wildman–Crippen LogP) is 12.5. The van der Waals surface area contributed by atoms with Gasteiger partial charge < -0.3 is 9.47 Å². The molecule has 0 aliphatic rings. The first-order valence-corrected chi connectivity index (χ1v) is 17.4. The van der Waals surface area contributed by atoms with Crippen molar-refractivity contribution in [3.63, 3.8) is 0 Å². The highest BCUT2D eigenvalue weighted by molar-refractivity contribution is 7.08. The van der Waals surface area contributed by atoms with Crippen LogP contribution in [0.15, 0.2) is 10.8 Å². The lowest BCUT2D eigenvalue weighted by Crippen LogP contribution is -2.07. The molecule has 37 heavy (non-hydrogen) atoms. The van der Waals surface area contributed by atoms with Crippen LogP contribution in [0, 0.1) is 0 Å². The van der Waals surface area contributed by atoms with Crippen LogP contribution in [-0.2, 0) is 9.47 Å². The van der Waals surface area contributed by atoms with E-state index in [1.807, 2.05) is 0 Å². The maximum atomic E-state index is 6.23. The van der Waals surface area contributed by atoms with E-state index in [2.05, 4.69) is 38.5 Å². The molecular formula is C34H64O2S. The van der Waals surface area contributed by atoms with Crippen LogP contribution in [0.3, 0.4) is 0 Å². The van der Waals surface area contributed by atoms with Crippen LogP contribution in [0.1, 0.15) is 192 Å². The van der Waals surface area contributed by atoms with E-state index in [-0.39, 0.29) is 12.2 Å². The van der Waals surface area contributed by atoms with Crippen molar-refractivity contribution < 1.29 is 9.47 Å². The van der Waals surface area contributed by atoms with E-state index in [1.165, 1.54) is 152 Å². The second-order valence-corrected chi connectivity index (χ2v) is 12.1. The van der Waals surface area contributed by atoms with Gasteiger partial charge in [-0.2, -0.15) is 11.3 Å². The van der Waals surface area contributed by atoms with Gasteiger partial charge in [0.15, 0.2) is 0 Å². The number of rotatable bonds is 28. The lowest BCUT2D eigenvalue weighted by Gasteiger charge is -2.18. The van der Waals surface area contributed by atoms with E-state index in [9.17, 15) is 0 Å². The van der Waals surface area contributed by atoms with Gasteiger partial charge in [-0.25, -0.2) is 0 Å². The van der Waals surface area contributed by atoms with Crippen LogP contribution in [0.4, 0.5) is 0 Å². The van der Waals surface area contributed by atoms with Crippen molar-refractivity contribution in [2.75, 3.05) is 13.2 Å². The summed E-state index contributed by atoms with van der Waals surface area (Å²) in [5.74, 6) is 0. The minimum atomic E-state index is 0.164. The Morgan fingerprint density at radius 1 is 0.459 bits per heavy atom. The van der Waals surface area contributed by atoms with E-state index >= 15 is 0 Å². The topological polar surface area (TPSA) is 18.5 Å². The third kappa shape index (κ3) is 19.3. The molecule has 0 bridgehead atoms. The highest BCUT2D eigenvalue weighted by Crippen LogP contribution is 2.31. The van der Waals surface area contributed by atoms with Crippen LogP contribution >= 0.6 is 11.3 Å². The van der Waals surface area contributed by atoms with Crippen LogP contribution in [0.2, 0.25) is 0 Å². The molecule has 2 unspecified atom stereocenters. The van der Waals surface area contributed by atoms with E-state index in [4.69, 9.17) is 9.47 Å². The fraction of sp³-hybridized carbons (Fsp3) is 0.882. The molecule has 0 spiro atoms. The maximum absolute atomic E-state index is 6.23. The molecule has 0 saturated heterocycles. The standard InChI is InChI=1S/C34H64O2S/c1-5-7-9-11-13-15-17-19-21-23-25-27-35-31(3)33-29-37-30-34(33)32(4)36-28-26-24-22-20-18-16-14-12-10-8-6-2/h29-32H,5-28H2,1-4H3. The molecule has 0 aromatic carbocycles. The number of thiophene rings is 1. The summed E-state index contributed by atoms with van der Waals surface area (Å²) in [5, 5.41) is 4.53. The summed E-state index contributed by atoms with van der Waals surface area (Å²) in [6, 6.07) is 0. The summed E-state index contributed by atoms with van der Waals surface area (Å²) in [5.41, 5.74) is 2.67. The fourth-order valence-corrected chi connectivity index (χ4v) is 6.23. The molecule has 0 N–H and O–H groups in total. The van der Waals surface area contributed by atoms with Gasteiger partial charge in [0.1, 0.15) is 0 Å². The zero-order valence-electron chi connectivity index (χ0n) is 25.5. The molecule has 3 heteroatoms. The molecule has 0 radical (unpaired) electrons. The van der Waals surface area contributed by atoms with Crippen LogP contribution in [0.25, 0.3) is 0 Å². The Kier molecular flexibility index (Phi) is 24.2. The van der Waals surface area contributed by atoms with Gasteiger partial charge in [0.05, 0.1) is 12.2 Å². The summed E-state index contributed by atoms with van der Waals surface area (Å²) in [6.45, 7) is 10.8. The van der Waals surface area contributed by atoms with E-state index in [1.54, 1.807) is 11.3 Å². The molecule has 1 heterocycles. The van der Waals surface area contributed by atoms with E-state index < -0.39 is 0 Å². The van der Waals surface area contributed by atoms with Crippen molar-refractivity contribution >= 4 is 11.3 Å². The first kappa shape index (κ1) is 34.6. The first-order chi connectivity index (χ1) is 18.2. The second-order valence-electron chi connectivity index (χ2n) is 11.4. The number of hydrogen-bond acceptors (Lipinski definition) is 3. The second kappa shape index (κ2) is 25.9. The third-order valence-electron chi connectivity index (χ3n) is 7.83. The molecule has 1 aromatic rings. The van der Waals surface area contributed by atoms with Gasteiger partial charge in [-0.05, 0) is 48.6 Å². The average Bonchev–Trinajstić information content (AvgIpc) is 3.40. The van der Waals surface area contributed by atoms with Gasteiger partial charge in [-0.15, -0.1) is 0 Å². The molecule has 0 amide bonds. The van der Waals surface area contributed by atoms with Crippen molar-refractivity contribution in [2.45, 2.75) is 181 Å². The average molecular weight is 537 g/mol. The Hall–Kier alpha value is -0.380. The number of unbranched alkanes of at least 4 members (excludes halogenated alkanes) is 20. The van der Waals surface area contributed by atoms with Crippen LogP contribution in [0.5, 0.6) is 0 Å². The summed E-state index contributed by atoms with van der Waals surface area (Å²) < 4.78 is 12.5. The van der Waals surface area contributed by atoms with E-state index in [0.29, 0.717) is 0 Å². The Morgan fingerprint density at radius 3 is 1.03 bits per heavy atom. The summed E-state index contributed by atoms with van der Waals surface area (Å²) in [4.78, 5) is 0. The fourth-order valence-electron chi connectivity index (χ4n) is 5.21. The molecule has 0 saturated carbocycles. The van der Waals surface area contributed by atoms with Gasteiger partial charge in [0, 0.05) is 13.2 Å². The summed E-state index contributed by atoms with van der Waals surface area (Å²) in [7, 11) is 0. The molecule has 1 rings (SSSR count). The van der Waals surface area contributed by atoms with Crippen LogP contribution < -0.4 is 0 Å². The molecule has 218 valence electrons. The summed E-state index contributed by atoms with van der Waals surface area (Å²) >= 11 is 1.78. The van der Waals surface area contributed by atoms with Crippen molar-refractivity contribution in [1.82, 2.24) is 0 Å². The molecule has 0 fully saturated rings. The van der Waals surface area contributed by atoms with E-state index in [0.717, 1.165) is 13.2 Å². The monoisotopic (exact) mass is 536 g/mol. The van der Waals surface area contributed by atoms with Gasteiger partial charge in [0.2, 0.25) is 0 Å². The third-order valence-corrected chi connectivity index (χ3v) is 8.61. The SMILES string of the molecule is CCCCCCCCCCCCCOC(C)c1cscc1C(C)OCCCCCCCCCCCCC. The summed E-state index contributed by atoms with van der Waals surface area (Å²) in [6.07, 6.45) is 30.6. The normalized spacial score (nSPS) is 13.3. The Balaban J connectivity index is 2.03. The van der Waals surface area contributed by atoms with Crippen LogP contribution in [-0.4, -0.2) is 13.2 Å². The largest absolute Gasteiger partial charge is 0.374 e. The van der Waals surface area contributed by atoms with Crippen molar-refractivity contribution in [3.05, 3.63) is 21.9 Å². The predicted molar refractivity (Wildman–Crippen MR) is 166 cm³/mol. The number of ether oxygens (including phenoxy) is 2. The molecule has 0 aliphatic heterocycles. The minimum absolute atomic E-state index is 0.164. The first-order valence-electron chi connectivity index (χ1n) is 16.5. The smallest absolute Gasteiger partial charge is 0.0808 e. The minimum Gasteiger partial charge on any atom is -0.374 e. The molecule has 0 aliphatic carbocycles. The highest BCUT2D eigenvalue weighted by atomic mass is 32.1.